The van der Waals surface area contributed by atoms with Crippen LogP contribution in [0.2, 0.25) is 0 Å². The van der Waals surface area contributed by atoms with Crippen molar-refractivity contribution in [1.29, 1.82) is 0 Å². The SMILES string of the molecule is CCC(=O)O.[NaH].[NaH]. The fraction of sp³-hybridized carbons (Fsp3) is 0.667. The zero-order chi connectivity index (χ0) is 4.28. The van der Waals surface area contributed by atoms with E-state index >= 15 is 0 Å². The van der Waals surface area contributed by atoms with Crippen molar-refractivity contribution in [2.24, 2.45) is 0 Å². The van der Waals surface area contributed by atoms with Crippen LogP contribution in [-0.2, 0) is 4.79 Å². The van der Waals surface area contributed by atoms with Crippen molar-refractivity contribution in [3.8, 4) is 0 Å². The van der Waals surface area contributed by atoms with Crippen LogP contribution < -0.4 is 0 Å². The number of rotatable bonds is 1. The maximum absolute atomic E-state index is 9.37. The number of carbonyl (C=O) groups is 1. The summed E-state index contributed by atoms with van der Waals surface area (Å²) in [6.45, 7) is 1.60. The molecule has 0 aliphatic heterocycles. The minimum absolute atomic E-state index is 0. The molecule has 0 amide bonds. The van der Waals surface area contributed by atoms with Crippen LogP contribution >= 0.6 is 0 Å². The van der Waals surface area contributed by atoms with Gasteiger partial charge in [-0.15, -0.1) is 0 Å². The summed E-state index contributed by atoms with van der Waals surface area (Å²) >= 11 is 0. The van der Waals surface area contributed by atoms with Crippen molar-refractivity contribution in [3.05, 3.63) is 0 Å². The van der Waals surface area contributed by atoms with Crippen LogP contribution in [0, 0.1) is 0 Å². The second-order valence-electron chi connectivity index (χ2n) is 0.747. The first-order valence-corrected chi connectivity index (χ1v) is 1.49. The van der Waals surface area contributed by atoms with Crippen LogP contribution in [0.25, 0.3) is 0 Å². The Balaban J connectivity index is -0.0000000800. The molecule has 2 nitrogen and oxygen atoms in total. The van der Waals surface area contributed by atoms with Crippen LogP contribution in [0.3, 0.4) is 0 Å². The van der Waals surface area contributed by atoms with Crippen LogP contribution in [-0.4, -0.2) is 70.2 Å². The van der Waals surface area contributed by atoms with Gasteiger partial charge in [0, 0.05) is 6.42 Å². The van der Waals surface area contributed by atoms with Gasteiger partial charge in [-0.25, -0.2) is 0 Å². The fourth-order valence-corrected chi connectivity index (χ4v) is 0. The molecule has 0 rings (SSSR count). The summed E-state index contributed by atoms with van der Waals surface area (Å²) in [6.07, 6.45) is 0.222. The molecule has 0 fully saturated rings. The number of aliphatic carboxylic acids is 1. The Labute approximate surface area is 87.3 Å². The molecular formula is C3H8Na2O2. The molecule has 1 N–H and O–H groups in total. The maximum atomic E-state index is 9.37. The normalized spacial score (nSPS) is 5.29. The zero-order valence-electron chi connectivity index (χ0n) is 3.06. The van der Waals surface area contributed by atoms with Crippen molar-refractivity contribution < 1.29 is 9.90 Å². The third-order valence-electron chi connectivity index (χ3n) is 0.302. The molecule has 34 valence electrons. The summed E-state index contributed by atoms with van der Waals surface area (Å²) in [5, 5.41) is 7.72. The number of hydrogen-bond acceptors (Lipinski definition) is 1. The standard InChI is InChI=1S/C3H6O2.2Na.2H/c1-2-3(4)5;;;;/h2H2,1H3,(H,4,5);;;;. The van der Waals surface area contributed by atoms with E-state index in [1.807, 2.05) is 0 Å². The van der Waals surface area contributed by atoms with Crippen molar-refractivity contribution in [3.63, 3.8) is 0 Å². The molecular weight excluding hydrogens is 114 g/mol. The summed E-state index contributed by atoms with van der Waals surface area (Å²) in [4.78, 5) is 9.37. The molecule has 0 aliphatic carbocycles. The Kier molecular flexibility index (Phi) is 23.6. The van der Waals surface area contributed by atoms with Gasteiger partial charge in [0.05, 0.1) is 0 Å². The molecule has 0 heterocycles. The first kappa shape index (κ1) is 15.8. The molecule has 0 bridgehead atoms. The predicted octanol–water partition coefficient (Wildman–Crippen LogP) is -0.816. The summed E-state index contributed by atoms with van der Waals surface area (Å²) in [5.41, 5.74) is 0. The van der Waals surface area contributed by atoms with Gasteiger partial charge in [0.1, 0.15) is 0 Å². The van der Waals surface area contributed by atoms with Gasteiger partial charge >= 0.3 is 65.1 Å². The quantitative estimate of drug-likeness (QED) is 0.461. The molecule has 0 saturated carbocycles. The van der Waals surface area contributed by atoms with Gasteiger partial charge in [-0.05, 0) is 0 Å². The number of carboxylic acids is 1. The molecule has 0 atom stereocenters. The molecule has 0 unspecified atom stereocenters. The second-order valence-corrected chi connectivity index (χ2v) is 0.747. The molecule has 0 aliphatic rings. The van der Waals surface area contributed by atoms with Crippen LogP contribution in [0.5, 0.6) is 0 Å². The Bertz CT molecular complexity index is 46.2. The third-order valence-corrected chi connectivity index (χ3v) is 0.302. The van der Waals surface area contributed by atoms with Crippen LogP contribution in [0.1, 0.15) is 13.3 Å². The molecule has 4 heteroatoms. The Hall–Kier alpha value is 1.47. The van der Waals surface area contributed by atoms with E-state index in [1.165, 1.54) is 0 Å². The summed E-state index contributed by atoms with van der Waals surface area (Å²) in [7, 11) is 0. The molecule has 0 aromatic heterocycles. The van der Waals surface area contributed by atoms with E-state index in [0.717, 1.165) is 0 Å². The molecule has 0 spiro atoms. The van der Waals surface area contributed by atoms with Crippen molar-refractivity contribution in [2.45, 2.75) is 13.3 Å². The third kappa shape index (κ3) is 18.6. The van der Waals surface area contributed by atoms with Gasteiger partial charge in [-0.2, -0.15) is 0 Å². The van der Waals surface area contributed by atoms with Crippen LogP contribution in [0.15, 0.2) is 0 Å². The minimum atomic E-state index is -0.745. The van der Waals surface area contributed by atoms with Crippen molar-refractivity contribution >= 4 is 65.1 Å². The van der Waals surface area contributed by atoms with E-state index in [4.69, 9.17) is 5.11 Å². The van der Waals surface area contributed by atoms with Gasteiger partial charge in [0.15, 0.2) is 0 Å². The first-order valence-electron chi connectivity index (χ1n) is 1.49. The summed E-state index contributed by atoms with van der Waals surface area (Å²) in [6, 6.07) is 0. The van der Waals surface area contributed by atoms with Gasteiger partial charge in [-0.1, -0.05) is 6.92 Å². The first-order chi connectivity index (χ1) is 2.27. The van der Waals surface area contributed by atoms with E-state index in [1.54, 1.807) is 6.92 Å². The molecule has 7 heavy (non-hydrogen) atoms. The average molecular weight is 122 g/mol. The van der Waals surface area contributed by atoms with Gasteiger partial charge in [0.2, 0.25) is 0 Å². The second kappa shape index (κ2) is 10.5. The van der Waals surface area contributed by atoms with Gasteiger partial charge in [0.25, 0.3) is 0 Å². The fourth-order valence-electron chi connectivity index (χ4n) is 0. The van der Waals surface area contributed by atoms with E-state index in [-0.39, 0.29) is 65.5 Å². The Morgan fingerprint density at radius 3 is 1.71 bits per heavy atom. The average Bonchev–Trinajstić information content (AvgIpc) is 1.38. The number of carboxylic acid groups (broad SMARTS) is 1. The van der Waals surface area contributed by atoms with Crippen LogP contribution in [0.4, 0.5) is 0 Å². The Morgan fingerprint density at radius 1 is 1.57 bits per heavy atom. The molecule has 0 aromatic rings. The predicted molar refractivity (Wildman–Crippen MR) is 32.2 cm³/mol. The molecule has 0 radical (unpaired) electrons. The summed E-state index contributed by atoms with van der Waals surface area (Å²) < 4.78 is 0. The van der Waals surface area contributed by atoms with Crippen molar-refractivity contribution in [2.75, 3.05) is 0 Å². The van der Waals surface area contributed by atoms with E-state index in [2.05, 4.69) is 0 Å². The van der Waals surface area contributed by atoms with Gasteiger partial charge < -0.3 is 5.11 Å². The molecule has 0 aromatic carbocycles. The monoisotopic (exact) mass is 122 g/mol. The molecule has 0 saturated heterocycles. The summed E-state index contributed by atoms with van der Waals surface area (Å²) in [5.74, 6) is -0.745. The van der Waals surface area contributed by atoms with E-state index in [9.17, 15) is 4.79 Å². The van der Waals surface area contributed by atoms with E-state index < -0.39 is 5.97 Å². The van der Waals surface area contributed by atoms with E-state index in [0.29, 0.717) is 0 Å². The zero-order valence-corrected chi connectivity index (χ0v) is 3.06. The number of hydrogen-bond donors (Lipinski definition) is 1. The van der Waals surface area contributed by atoms with Gasteiger partial charge in [-0.3, -0.25) is 4.79 Å². The topological polar surface area (TPSA) is 37.3 Å². The van der Waals surface area contributed by atoms with Crippen molar-refractivity contribution in [1.82, 2.24) is 0 Å². The Morgan fingerprint density at radius 2 is 1.71 bits per heavy atom.